The predicted octanol–water partition coefficient (Wildman–Crippen LogP) is 1.78. The van der Waals surface area contributed by atoms with Crippen LogP contribution in [-0.2, 0) is 11.0 Å². The van der Waals surface area contributed by atoms with E-state index in [0.29, 0.717) is 18.7 Å². The Morgan fingerprint density at radius 1 is 1.30 bits per heavy atom. The molecule has 1 amide bonds. The Hall–Kier alpha value is -1.60. The molecule has 2 rings (SSSR count). The summed E-state index contributed by atoms with van der Waals surface area (Å²) in [6, 6.07) is 4.68. The minimum absolute atomic E-state index is 0.0668. The number of nitrogens with two attached hydrogens (primary N) is 1. The van der Waals surface area contributed by atoms with Crippen molar-refractivity contribution in [3.63, 3.8) is 0 Å². The molecule has 1 heterocycles. The molecule has 0 radical (unpaired) electrons. The first-order valence-electron chi connectivity index (χ1n) is 6.25. The van der Waals surface area contributed by atoms with Crippen LogP contribution in [0.15, 0.2) is 24.3 Å². The number of halogens is 3. The molecular weight excluding hydrogens is 271 g/mol. The summed E-state index contributed by atoms with van der Waals surface area (Å²) in [5.74, 6) is -0.0668. The fourth-order valence-corrected chi connectivity index (χ4v) is 2.38. The van der Waals surface area contributed by atoms with E-state index in [1.54, 1.807) is 12.1 Å². The number of carbonyl (C=O) groups excluding carboxylic acids is 1. The van der Waals surface area contributed by atoms with Crippen LogP contribution in [0, 0.1) is 0 Å². The van der Waals surface area contributed by atoms with Crippen LogP contribution in [0.5, 0.6) is 0 Å². The molecule has 7 heteroatoms. The molecule has 0 spiro atoms. The number of nitrogens with zero attached hydrogens (tertiary/aromatic N) is 2. The van der Waals surface area contributed by atoms with E-state index in [2.05, 4.69) is 0 Å². The van der Waals surface area contributed by atoms with Crippen molar-refractivity contribution in [1.82, 2.24) is 10.0 Å². The molecule has 2 N–H and O–H groups in total. The lowest BCUT2D eigenvalue weighted by molar-refractivity contribution is -0.137. The zero-order valence-corrected chi connectivity index (χ0v) is 11.0. The van der Waals surface area contributed by atoms with Crippen LogP contribution in [0.4, 0.5) is 13.2 Å². The van der Waals surface area contributed by atoms with E-state index >= 15 is 0 Å². The van der Waals surface area contributed by atoms with Crippen molar-refractivity contribution in [3.05, 3.63) is 35.4 Å². The number of carbonyl (C=O) groups is 1. The Morgan fingerprint density at radius 3 is 2.40 bits per heavy atom. The maximum absolute atomic E-state index is 12.5. The second-order valence-corrected chi connectivity index (χ2v) is 4.72. The van der Waals surface area contributed by atoms with Gasteiger partial charge in [0.05, 0.1) is 11.6 Å². The summed E-state index contributed by atoms with van der Waals surface area (Å²) >= 11 is 0. The lowest BCUT2D eigenvalue weighted by Crippen LogP contribution is -2.40. The van der Waals surface area contributed by atoms with Crippen LogP contribution < -0.4 is 5.73 Å². The number of alkyl halides is 3. The third kappa shape index (κ3) is 2.78. The Kier molecular flexibility index (Phi) is 4.01. The first kappa shape index (κ1) is 14.8. The smallest absolute Gasteiger partial charge is 0.329 e. The van der Waals surface area contributed by atoms with E-state index in [0.717, 1.165) is 12.1 Å². The maximum Gasteiger partial charge on any atom is 0.416 e. The highest BCUT2D eigenvalue weighted by Gasteiger charge is 2.36. The van der Waals surface area contributed by atoms with Crippen molar-refractivity contribution < 1.29 is 18.0 Å². The molecule has 0 saturated carbocycles. The normalized spacial score (nSPS) is 20.8. The molecule has 1 aromatic rings. The monoisotopic (exact) mass is 287 g/mol. The topological polar surface area (TPSA) is 49.6 Å². The third-order valence-electron chi connectivity index (χ3n) is 3.45. The Morgan fingerprint density at radius 2 is 1.90 bits per heavy atom. The second-order valence-electron chi connectivity index (χ2n) is 4.72. The third-order valence-corrected chi connectivity index (χ3v) is 3.45. The van der Waals surface area contributed by atoms with Gasteiger partial charge in [0.1, 0.15) is 0 Å². The molecule has 0 bridgehead atoms. The van der Waals surface area contributed by atoms with Gasteiger partial charge in [-0.25, -0.2) is 5.01 Å². The first-order valence-corrected chi connectivity index (χ1v) is 6.25. The summed E-state index contributed by atoms with van der Waals surface area (Å²) in [7, 11) is 1.74. The van der Waals surface area contributed by atoms with Crippen LogP contribution in [0.2, 0.25) is 0 Å². The van der Waals surface area contributed by atoms with Crippen LogP contribution in [0.1, 0.15) is 23.6 Å². The molecule has 4 nitrogen and oxygen atoms in total. The van der Waals surface area contributed by atoms with E-state index in [1.807, 2.05) is 0 Å². The molecule has 1 aliphatic heterocycles. The molecule has 1 fully saturated rings. The highest BCUT2D eigenvalue weighted by Crippen LogP contribution is 2.34. The lowest BCUT2D eigenvalue weighted by atomic mass is 10.0. The van der Waals surface area contributed by atoms with Crippen LogP contribution >= 0.6 is 0 Å². The molecule has 1 aromatic carbocycles. The van der Waals surface area contributed by atoms with Gasteiger partial charge in [-0.15, -0.1) is 0 Å². The van der Waals surface area contributed by atoms with Crippen LogP contribution in [0.3, 0.4) is 0 Å². The van der Waals surface area contributed by atoms with E-state index in [9.17, 15) is 18.0 Å². The van der Waals surface area contributed by atoms with Crippen molar-refractivity contribution in [1.29, 1.82) is 0 Å². The van der Waals surface area contributed by atoms with Gasteiger partial charge in [-0.1, -0.05) is 12.1 Å². The Bertz CT molecular complexity index is 487. The first-order chi connectivity index (χ1) is 9.34. The summed E-state index contributed by atoms with van der Waals surface area (Å²) in [6.07, 6.45) is -4.09. The summed E-state index contributed by atoms with van der Waals surface area (Å²) < 4.78 is 37.5. The van der Waals surface area contributed by atoms with Gasteiger partial charge in [0.2, 0.25) is 5.91 Å². The molecule has 1 unspecified atom stereocenters. The number of amides is 1. The van der Waals surface area contributed by atoms with Crippen LogP contribution in [-0.4, -0.2) is 36.1 Å². The van der Waals surface area contributed by atoms with Gasteiger partial charge in [0.25, 0.3) is 0 Å². The zero-order valence-electron chi connectivity index (χ0n) is 11.0. The SMILES string of the molecule is CN1C(c2ccc(C(F)(F)F)cc2)CC(=O)N1CCN. The van der Waals surface area contributed by atoms with Gasteiger partial charge in [-0.2, -0.15) is 13.2 Å². The average Bonchev–Trinajstić information content (AvgIpc) is 2.66. The standard InChI is InChI=1S/C13H16F3N3O/c1-18-11(8-12(20)19(18)7-6-17)9-2-4-10(5-3-9)13(14,15)16/h2-5,11H,6-8,17H2,1H3. The highest BCUT2D eigenvalue weighted by atomic mass is 19.4. The summed E-state index contributed by atoms with van der Waals surface area (Å²) in [4.78, 5) is 11.8. The van der Waals surface area contributed by atoms with Crippen molar-refractivity contribution >= 4 is 5.91 Å². The summed E-state index contributed by atoms with van der Waals surface area (Å²) in [5, 5.41) is 3.26. The van der Waals surface area contributed by atoms with Gasteiger partial charge in [0, 0.05) is 26.6 Å². The number of rotatable bonds is 3. The largest absolute Gasteiger partial charge is 0.416 e. The summed E-state index contributed by atoms with van der Waals surface area (Å²) in [6.45, 7) is 0.752. The molecule has 110 valence electrons. The Balaban J connectivity index is 2.18. The number of hydrogen-bond donors (Lipinski definition) is 1. The number of hydrazine groups is 1. The zero-order chi connectivity index (χ0) is 14.9. The van der Waals surface area contributed by atoms with Crippen molar-refractivity contribution in [3.8, 4) is 0 Å². The average molecular weight is 287 g/mol. The van der Waals surface area contributed by atoms with E-state index in [4.69, 9.17) is 5.73 Å². The maximum atomic E-state index is 12.5. The quantitative estimate of drug-likeness (QED) is 0.922. The van der Waals surface area contributed by atoms with Gasteiger partial charge in [0.15, 0.2) is 0 Å². The molecule has 20 heavy (non-hydrogen) atoms. The predicted molar refractivity (Wildman–Crippen MR) is 67.3 cm³/mol. The fraction of sp³-hybridized carbons (Fsp3) is 0.462. The molecule has 0 aliphatic carbocycles. The number of hydrogen-bond acceptors (Lipinski definition) is 3. The van der Waals surface area contributed by atoms with Gasteiger partial charge < -0.3 is 5.73 Å². The van der Waals surface area contributed by atoms with Crippen molar-refractivity contribution in [2.45, 2.75) is 18.6 Å². The second kappa shape index (κ2) is 5.41. The van der Waals surface area contributed by atoms with Crippen molar-refractivity contribution in [2.24, 2.45) is 5.73 Å². The molecule has 0 aromatic heterocycles. The molecule has 1 saturated heterocycles. The van der Waals surface area contributed by atoms with Gasteiger partial charge >= 0.3 is 6.18 Å². The van der Waals surface area contributed by atoms with Crippen molar-refractivity contribution in [2.75, 3.05) is 20.1 Å². The van der Waals surface area contributed by atoms with Gasteiger partial charge in [-0.3, -0.25) is 9.80 Å². The molecule has 1 aliphatic rings. The fourth-order valence-electron chi connectivity index (χ4n) is 2.38. The summed E-state index contributed by atoms with van der Waals surface area (Å²) in [5.41, 5.74) is 5.44. The minimum atomic E-state index is -4.35. The van der Waals surface area contributed by atoms with Gasteiger partial charge in [-0.05, 0) is 17.7 Å². The number of benzene rings is 1. The molecular formula is C13H16F3N3O. The minimum Gasteiger partial charge on any atom is -0.329 e. The van der Waals surface area contributed by atoms with E-state index < -0.39 is 11.7 Å². The lowest BCUT2D eigenvalue weighted by Gasteiger charge is -2.28. The Labute approximate surface area is 114 Å². The molecule has 1 atom stereocenters. The van der Waals surface area contributed by atoms with Crippen LogP contribution in [0.25, 0.3) is 0 Å². The highest BCUT2D eigenvalue weighted by molar-refractivity contribution is 5.78. The van der Waals surface area contributed by atoms with E-state index in [1.165, 1.54) is 17.1 Å². The van der Waals surface area contributed by atoms with E-state index in [-0.39, 0.29) is 18.4 Å².